The maximum Gasteiger partial charge on any atom is 0.246 e. The Kier molecular flexibility index (Phi) is 20.8. The van der Waals surface area contributed by atoms with Crippen LogP contribution in [-0.4, -0.2) is 137 Å². The Morgan fingerprint density at radius 2 is 1.17 bits per heavy atom. The Morgan fingerprint density at radius 1 is 0.690 bits per heavy atom. The van der Waals surface area contributed by atoms with Crippen LogP contribution in [0, 0.1) is 10.8 Å². The predicted octanol–water partition coefficient (Wildman–Crippen LogP) is 6.07. The maximum atomic E-state index is 14.5. The number of amides is 5. The Balaban J connectivity index is 0.934. The van der Waals surface area contributed by atoms with Crippen LogP contribution in [0.5, 0.6) is 0 Å². The van der Waals surface area contributed by atoms with E-state index in [4.69, 9.17) is 15.2 Å². The summed E-state index contributed by atoms with van der Waals surface area (Å²) in [5.74, 6) is 0.0247. The number of nitrogens with one attached hydrogen (secondary N) is 4. The lowest BCUT2D eigenvalue weighted by Gasteiger charge is -2.35. The highest BCUT2D eigenvalue weighted by Crippen LogP contribution is 2.48. The lowest BCUT2D eigenvalue weighted by Crippen LogP contribution is -2.58. The van der Waals surface area contributed by atoms with Crippen molar-refractivity contribution in [2.75, 3.05) is 45.0 Å². The quantitative estimate of drug-likeness (QED) is 0.0721. The van der Waals surface area contributed by atoms with Crippen molar-refractivity contribution in [2.45, 2.75) is 171 Å². The number of nitrogens with two attached hydrogens (primary N) is 1. The number of ether oxygens (including phenoxy) is 2. The molecule has 4 heterocycles. The SMILES string of the molecule is CN[C@@H](C)C(=O)N[C@H]1CCS[C@H]2CC(C)(C)[C@@H](C(=O)C[C@H](COCCCCCCCCOC[C@@H](NC(=O)[C@H]3N4C(=O)[C@@H](NC(=O)[C@H](C)N)CCS[C@H]4CC3(C)C)c3ccccc3)c3ccccc3)N2C1=O. The van der Waals surface area contributed by atoms with Gasteiger partial charge in [0.15, 0.2) is 5.78 Å². The Bertz CT molecular complexity index is 2100. The van der Waals surface area contributed by atoms with Crippen molar-refractivity contribution in [3.8, 4) is 0 Å². The zero-order valence-electron chi connectivity index (χ0n) is 43.1. The highest BCUT2D eigenvalue weighted by Gasteiger charge is 2.56. The van der Waals surface area contributed by atoms with Crippen LogP contribution in [0.1, 0.15) is 135 Å². The summed E-state index contributed by atoms with van der Waals surface area (Å²) in [5, 5.41) is 11.7. The second-order valence-corrected chi connectivity index (χ2v) is 23.9. The van der Waals surface area contributed by atoms with E-state index in [1.165, 1.54) is 0 Å². The number of carbonyl (C=O) groups is 6. The molecule has 0 aromatic heterocycles. The normalized spacial score (nSPS) is 25.5. The first kappa shape index (κ1) is 56.3. The second-order valence-electron chi connectivity index (χ2n) is 21.4. The maximum absolute atomic E-state index is 14.5. The first-order chi connectivity index (χ1) is 33.9. The van der Waals surface area contributed by atoms with E-state index in [0.29, 0.717) is 57.9 Å². The van der Waals surface area contributed by atoms with E-state index in [2.05, 4.69) is 35.1 Å². The summed E-state index contributed by atoms with van der Waals surface area (Å²) in [6.07, 6.45) is 8.57. The number of benzene rings is 2. The molecule has 4 aliphatic rings. The molecule has 4 saturated heterocycles. The topological polar surface area (TPSA) is 202 Å². The van der Waals surface area contributed by atoms with Crippen LogP contribution in [-0.2, 0) is 38.2 Å². The van der Waals surface area contributed by atoms with Crippen LogP contribution in [0.15, 0.2) is 60.7 Å². The molecule has 0 bridgehead atoms. The molecule has 6 rings (SSSR count). The van der Waals surface area contributed by atoms with Crippen LogP contribution < -0.4 is 27.0 Å². The predicted molar refractivity (Wildman–Crippen MR) is 281 cm³/mol. The molecule has 2 aromatic carbocycles. The van der Waals surface area contributed by atoms with E-state index in [0.717, 1.165) is 55.4 Å². The molecule has 0 aliphatic carbocycles. The van der Waals surface area contributed by atoms with E-state index >= 15 is 0 Å². The summed E-state index contributed by atoms with van der Waals surface area (Å²) < 4.78 is 12.5. The molecule has 4 fully saturated rings. The number of hydrogen-bond acceptors (Lipinski definition) is 12. The highest BCUT2D eigenvalue weighted by molar-refractivity contribution is 8.00. The Morgan fingerprint density at radius 3 is 1.70 bits per heavy atom. The molecule has 392 valence electrons. The Hall–Kier alpha value is -4.00. The van der Waals surface area contributed by atoms with Crippen LogP contribution in [0.4, 0.5) is 0 Å². The molecule has 17 heteroatoms. The van der Waals surface area contributed by atoms with E-state index in [1.54, 1.807) is 54.2 Å². The largest absolute Gasteiger partial charge is 0.381 e. The molecule has 0 radical (unpaired) electrons. The van der Waals surface area contributed by atoms with Gasteiger partial charge < -0.3 is 46.3 Å². The average Bonchev–Trinajstić information content (AvgIpc) is 3.66. The number of carbonyl (C=O) groups excluding carboxylic acids is 6. The Labute approximate surface area is 430 Å². The van der Waals surface area contributed by atoms with Gasteiger partial charge in [-0.05, 0) is 92.9 Å². The fourth-order valence-electron chi connectivity index (χ4n) is 10.6. The molecular formula is C54H81N7O8S2. The van der Waals surface area contributed by atoms with E-state index in [9.17, 15) is 28.8 Å². The zero-order valence-corrected chi connectivity index (χ0v) is 44.8. The van der Waals surface area contributed by atoms with Gasteiger partial charge in [0, 0.05) is 25.6 Å². The number of likely N-dealkylation sites (N-methyl/N-ethyl adjacent to an activating group) is 1. The molecular weight excluding hydrogens is 939 g/mol. The fraction of sp³-hybridized carbons (Fsp3) is 0.667. The van der Waals surface area contributed by atoms with Gasteiger partial charge in [-0.2, -0.15) is 0 Å². The second kappa shape index (κ2) is 26.3. The number of unbranched alkanes of at least 4 members (excludes halogenated alkanes) is 5. The number of ketones is 1. The van der Waals surface area contributed by atoms with Crippen LogP contribution in [0.2, 0.25) is 0 Å². The fourth-order valence-corrected chi connectivity index (χ4v) is 13.8. The van der Waals surface area contributed by atoms with Gasteiger partial charge in [-0.1, -0.05) is 114 Å². The van der Waals surface area contributed by atoms with Gasteiger partial charge in [0.1, 0.15) is 18.1 Å². The third-order valence-electron chi connectivity index (χ3n) is 14.7. The number of Topliss-reactive ketones (excluding diaryl/α,β-unsaturated/α-hetero) is 1. The van der Waals surface area contributed by atoms with Crippen molar-refractivity contribution in [3.05, 3.63) is 71.8 Å². The molecule has 6 N–H and O–H groups in total. The van der Waals surface area contributed by atoms with Gasteiger partial charge in [-0.25, -0.2) is 0 Å². The minimum atomic E-state index is -0.746. The van der Waals surface area contributed by atoms with Crippen molar-refractivity contribution in [3.63, 3.8) is 0 Å². The summed E-state index contributed by atoms with van der Waals surface area (Å²) in [7, 11) is 1.71. The van der Waals surface area contributed by atoms with Crippen molar-refractivity contribution in [2.24, 2.45) is 16.6 Å². The summed E-state index contributed by atoms with van der Waals surface area (Å²) >= 11 is 3.36. The molecule has 0 spiro atoms. The number of fused-ring (bicyclic) bond motifs is 2. The lowest BCUT2D eigenvalue weighted by molar-refractivity contribution is -0.144. The molecule has 71 heavy (non-hydrogen) atoms. The van der Waals surface area contributed by atoms with Gasteiger partial charge >= 0.3 is 0 Å². The van der Waals surface area contributed by atoms with E-state index < -0.39 is 53.1 Å². The minimum absolute atomic E-state index is 0.0283. The molecule has 0 unspecified atom stereocenters. The van der Waals surface area contributed by atoms with Crippen LogP contribution in [0.3, 0.4) is 0 Å². The van der Waals surface area contributed by atoms with Gasteiger partial charge in [0.05, 0.1) is 48.1 Å². The number of hydrogen-bond donors (Lipinski definition) is 5. The average molecular weight is 1020 g/mol. The summed E-state index contributed by atoms with van der Waals surface area (Å²) in [4.78, 5) is 85.7. The smallest absolute Gasteiger partial charge is 0.246 e. The molecule has 10 atom stereocenters. The van der Waals surface area contributed by atoms with Crippen LogP contribution in [0.25, 0.3) is 0 Å². The molecule has 4 aliphatic heterocycles. The van der Waals surface area contributed by atoms with Gasteiger partial charge in [-0.15, -0.1) is 23.5 Å². The third-order valence-corrected chi connectivity index (χ3v) is 17.2. The number of rotatable bonds is 25. The number of nitrogens with zero attached hydrogens (tertiary/aromatic N) is 2. The third kappa shape index (κ3) is 14.8. The molecule has 2 aromatic rings. The minimum Gasteiger partial charge on any atom is -0.381 e. The van der Waals surface area contributed by atoms with Crippen molar-refractivity contribution in [1.29, 1.82) is 0 Å². The molecule has 0 saturated carbocycles. The highest BCUT2D eigenvalue weighted by atomic mass is 32.2. The monoisotopic (exact) mass is 1020 g/mol. The van der Waals surface area contributed by atoms with E-state index in [1.807, 2.05) is 74.5 Å². The van der Waals surface area contributed by atoms with Crippen LogP contribution >= 0.6 is 23.5 Å². The van der Waals surface area contributed by atoms with Gasteiger partial charge in [-0.3, -0.25) is 28.8 Å². The van der Waals surface area contributed by atoms with Crippen molar-refractivity contribution >= 4 is 58.8 Å². The summed E-state index contributed by atoms with van der Waals surface area (Å²) in [5.41, 5.74) is 6.86. The standard InChI is InChI=1S/C54H81N7O8S2/c1-35(55)48(63)57-40-24-28-71-45-32-54(5,6)47(61(45)52(40)67)50(65)59-42(38-22-16-13-17-23-38)34-69-27-19-11-9-8-10-18-26-68-33-39(37-20-14-12-15-21-37)30-43(62)46-53(3,4)31-44-60(46)51(66)41(25-29-70-44)58-49(64)36(2)56-7/h12-17,20-23,35-36,39-42,44-47,56H,8-11,18-19,24-34,55H2,1-7H3,(H,57,63)(H,58,64)(H,59,65)/t35-,36-,39+,40-,41-,42+,44-,45-,46+,47+/m0/s1. The first-order valence-corrected chi connectivity index (χ1v) is 28.0. The molecule has 5 amide bonds. The summed E-state index contributed by atoms with van der Waals surface area (Å²) in [6.45, 7) is 13.4. The molecule has 15 nitrogen and oxygen atoms in total. The first-order valence-electron chi connectivity index (χ1n) is 25.9. The summed E-state index contributed by atoms with van der Waals surface area (Å²) in [6, 6.07) is 15.5. The van der Waals surface area contributed by atoms with Gasteiger partial charge in [0.2, 0.25) is 29.5 Å². The van der Waals surface area contributed by atoms with Crippen molar-refractivity contribution in [1.82, 2.24) is 31.1 Å². The van der Waals surface area contributed by atoms with E-state index in [-0.39, 0.29) is 58.4 Å². The van der Waals surface area contributed by atoms with Crippen molar-refractivity contribution < 1.29 is 38.2 Å². The zero-order chi connectivity index (χ0) is 51.3. The van der Waals surface area contributed by atoms with Gasteiger partial charge in [0.25, 0.3) is 0 Å². The number of thioether (sulfide) groups is 2. The lowest BCUT2D eigenvalue weighted by atomic mass is 9.79.